The first-order valence-electron chi connectivity index (χ1n) is 5.70. The Morgan fingerprint density at radius 1 is 1.10 bits per heavy atom. The molecule has 21 heavy (non-hydrogen) atoms. The number of anilines is 1. The minimum Gasteiger partial charge on any atom is -0.392 e. The minimum atomic E-state index is -4.35. The Hall–Kier alpha value is -1.70. The Balaban J connectivity index is 2.45. The summed E-state index contributed by atoms with van der Waals surface area (Å²) in [5.41, 5.74) is -0.181. The molecule has 4 nitrogen and oxygen atoms in total. The molecule has 0 aliphatic rings. The third-order valence-corrected chi connectivity index (χ3v) is 4.26. The van der Waals surface area contributed by atoms with Gasteiger partial charge < -0.3 is 5.11 Å². The molecular formula is C13H10ClF2NO3S. The summed E-state index contributed by atoms with van der Waals surface area (Å²) in [6.45, 7) is -0.450. The first-order chi connectivity index (χ1) is 9.83. The van der Waals surface area contributed by atoms with Crippen LogP contribution in [0.3, 0.4) is 0 Å². The van der Waals surface area contributed by atoms with E-state index in [0.29, 0.717) is 0 Å². The van der Waals surface area contributed by atoms with Gasteiger partial charge in [-0.05, 0) is 35.9 Å². The number of rotatable bonds is 4. The number of hydrogen-bond donors (Lipinski definition) is 2. The zero-order valence-corrected chi connectivity index (χ0v) is 12.0. The Morgan fingerprint density at radius 3 is 2.43 bits per heavy atom. The molecule has 0 atom stereocenters. The maximum atomic E-state index is 13.7. The molecule has 0 heterocycles. The van der Waals surface area contributed by atoms with Crippen molar-refractivity contribution in [3.8, 4) is 0 Å². The lowest BCUT2D eigenvalue weighted by Gasteiger charge is -2.11. The fourth-order valence-electron chi connectivity index (χ4n) is 1.63. The summed E-state index contributed by atoms with van der Waals surface area (Å²) in [7, 11) is -4.35. The van der Waals surface area contributed by atoms with Crippen LogP contribution in [0.25, 0.3) is 0 Å². The van der Waals surface area contributed by atoms with E-state index in [-0.39, 0.29) is 10.6 Å². The van der Waals surface area contributed by atoms with E-state index in [9.17, 15) is 17.2 Å². The summed E-state index contributed by atoms with van der Waals surface area (Å²) < 4.78 is 53.4. The number of hydrogen-bond acceptors (Lipinski definition) is 3. The van der Waals surface area contributed by atoms with Gasteiger partial charge in [-0.1, -0.05) is 17.7 Å². The SMILES string of the molecule is O=S(=O)(Nc1cc(Cl)ccc1F)c1cc(CO)ccc1F. The average Bonchev–Trinajstić information content (AvgIpc) is 2.43. The van der Waals surface area contributed by atoms with E-state index < -0.39 is 38.8 Å². The first kappa shape index (κ1) is 15.7. The normalized spacial score (nSPS) is 11.4. The van der Waals surface area contributed by atoms with Crippen LogP contribution in [-0.4, -0.2) is 13.5 Å². The predicted octanol–water partition coefficient (Wildman–Crippen LogP) is 2.91. The lowest BCUT2D eigenvalue weighted by molar-refractivity contribution is 0.281. The number of halogens is 3. The molecule has 112 valence electrons. The highest BCUT2D eigenvalue weighted by Crippen LogP contribution is 2.24. The zero-order valence-electron chi connectivity index (χ0n) is 10.5. The summed E-state index contributed by atoms with van der Waals surface area (Å²) in [4.78, 5) is -0.687. The van der Waals surface area contributed by atoms with Crippen LogP contribution in [0.4, 0.5) is 14.5 Å². The molecule has 0 spiro atoms. The van der Waals surface area contributed by atoms with Crippen LogP contribution in [0, 0.1) is 11.6 Å². The molecule has 0 aliphatic carbocycles. The van der Waals surface area contributed by atoms with Gasteiger partial charge >= 0.3 is 0 Å². The van der Waals surface area contributed by atoms with Gasteiger partial charge in [0.1, 0.15) is 16.5 Å². The Bertz CT molecular complexity index is 781. The van der Waals surface area contributed by atoms with Crippen molar-refractivity contribution in [1.29, 1.82) is 0 Å². The molecule has 0 aliphatic heterocycles. The quantitative estimate of drug-likeness (QED) is 0.904. The Labute approximate surface area is 125 Å². The van der Waals surface area contributed by atoms with E-state index in [1.165, 1.54) is 12.1 Å². The zero-order chi connectivity index (χ0) is 15.6. The second-order valence-electron chi connectivity index (χ2n) is 4.15. The van der Waals surface area contributed by atoms with Gasteiger partial charge in [-0.2, -0.15) is 0 Å². The van der Waals surface area contributed by atoms with E-state index in [1.807, 2.05) is 4.72 Å². The van der Waals surface area contributed by atoms with Gasteiger partial charge in [0.05, 0.1) is 12.3 Å². The molecule has 8 heteroatoms. The largest absolute Gasteiger partial charge is 0.392 e. The van der Waals surface area contributed by atoms with Gasteiger partial charge in [0.15, 0.2) is 0 Å². The van der Waals surface area contributed by atoms with Gasteiger partial charge in [0, 0.05) is 5.02 Å². The van der Waals surface area contributed by atoms with Crippen molar-refractivity contribution in [2.45, 2.75) is 11.5 Å². The fourth-order valence-corrected chi connectivity index (χ4v) is 2.99. The smallest absolute Gasteiger partial charge is 0.264 e. The van der Waals surface area contributed by atoms with E-state index in [0.717, 1.165) is 24.3 Å². The van der Waals surface area contributed by atoms with Crippen molar-refractivity contribution in [3.63, 3.8) is 0 Å². The summed E-state index contributed by atoms with van der Waals surface area (Å²) >= 11 is 5.66. The van der Waals surface area contributed by atoms with E-state index in [4.69, 9.17) is 16.7 Å². The third-order valence-electron chi connectivity index (χ3n) is 2.64. The number of aliphatic hydroxyl groups excluding tert-OH is 1. The Kier molecular flexibility index (Phi) is 4.46. The monoisotopic (exact) mass is 333 g/mol. The van der Waals surface area contributed by atoms with E-state index in [1.54, 1.807) is 0 Å². The summed E-state index contributed by atoms with van der Waals surface area (Å²) in [5.74, 6) is -1.86. The molecule has 0 fully saturated rings. The molecular weight excluding hydrogens is 324 g/mol. The molecule has 0 aromatic heterocycles. The van der Waals surface area contributed by atoms with Crippen molar-refractivity contribution < 1.29 is 22.3 Å². The van der Waals surface area contributed by atoms with E-state index >= 15 is 0 Å². The maximum absolute atomic E-state index is 13.7. The van der Waals surface area contributed by atoms with Crippen LogP contribution in [0.5, 0.6) is 0 Å². The Morgan fingerprint density at radius 2 is 1.76 bits per heavy atom. The summed E-state index contributed by atoms with van der Waals surface area (Å²) in [5, 5.41) is 9.10. The van der Waals surface area contributed by atoms with Crippen LogP contribution in [0.2, 0.25) is 5.02 Å². The molecule has 2 aromatic rings. The molecule has 0 bridgehead atoms. The lowest BCUT2D eigenvalue weighted by Crippen LogP contribution is -2.16. The molecule has 2 rings (SSSR count). The molecule has 0 saturated carbocycles. The molecule has 2 N–H and O–H groups in total. The second-order valence-corrected chi connectivity index (χ2v) is 6.24. The van der Waals surface area contributed by atoms with Crippen molar-refractivity contribution in [2.75, 3.05) is 4.72 Å². The topological polar surface area (TPSA) is 66.4 Å². The van der Waals surface area contributed by atoms with Crippen LogP contribution in [-0.2, 0) is 16.6 Å². The standard InChI is InChI=1S/C13H10ClF2NO3S/c14-9-2-4-10(15)12(6-9)17-21(19,20)13-5-8(7-18)1-3-11(13)16/h1-6,17-18H,7H2. The third kappa shape index (κ3) is 3.49. The lowest BCUT2D eigenvalue weighted by atomic mass is 10.2. The maximum Gasteiger partial charge on any atom is 0.264 e. The fraction of sp³-hybridized carbons (Fsp3) is 0.0769. The van der Waals surface area contributed by atoms with Gasteiger partial charge in [0.25, 0.3) is 10.0 Å². The van der Waals surface area contributed by atoms with Crippen LogP contribution in [0.15, 0.2) is 41.3 Å². The van der Waals surface area contributed by atoms with Crippen LogP contribution in [0.1, 0.15) is 5.56 Å². The molecule has 0 unspecified atom stereocenters. The second kappa shape index (κ2) is 5.97. The van der Waals surface area contributed by atoms with Gasteiger partial charge in [-0.25, -0.2) is 17.2 Å². The highest BCUT2D eigenvalue weighted by molar-refractivity contribution is 7.92. The van der Waals surface area contributed by atoms with Crippen molar-refractivity contribution in [3.05, 3.63) is 58.6 Å². The average molecular weight is 334 g/mol. The van der Waals surface area contributed by atoms with Crippen molar-refractivity contribution in [1.82, 2.24) is 0 Å². The summed E-state index contributed by atoms with van der Waals surface area (Å²) in [6, 6.07) is 6.44. The van der Waals surface area contributed by atoms with Crippen molar-refractivity contribution in [2.24, 2.45) is 0 Å². The van der Waals surface area contributed by atoms with Gasteiger partial charge in [0.2, 0.25) is 0 Å². The van der Waals surface area contributed by atoms with E-state index in [2.05, 4.69) is 0 Å². The van der Waals surface area contributed by atoms with Crippen LogP contribution < -0.4 is 4.72 Å². The molecule has 0 saturated heterocycles. The number of nitrogens with one attached hydrogen (secondary N) is 1. The summed E-state index contributed by atoms with van der Waals surface area (Å²) in [6.07, 6.45) is 0. The molecule has 0 radical (unpaired) electrons. The van der Waals surface area contributed by atoms with Gasteiger partial charge in [-0.3, -0.25) is 4.72 Å². The number of benzene rings is 2. The predicted molar refractivity (Wildman–Crippen MR) is 74.5 cm³/mol. The van der Waals surface area contributed by atoms with Gasteiger partial charge in [-0.15, -0.1) is 0 Å². The molecule has 2 aromatic carbocycles. The number of aliphatic hydroxyl groups is 1. The minimum absolute atomic E-state index is 0.124. The molecule has 0 amide bonds. The first-order valence-corrected chi connectivity index (χ1v) is 7.57. The van der Waals surface area contributed by atoms with Crippen molar-refractivity contribution >= 4 is 27.3 Å². The number of sulfonamides is 1. The highest BCUT2D eigenvalue weighted by Gasteiger charge is 2.21. The van der Waals surface area contributed by atoms with Crippen LogP contribution >= 0.6 is 11.6 Å². The highest BCUT2D eigenvalue weighted by atomic mass is 35.5.